The highest BCUT2D eigenvalue weighted by molar-refractivity contribution is 7.92. The van der Waals surface area contributed by atoms with Gasteiger partial charge in [0, 0.05) is 19.6 Å². The predicted molar refractivity (Wildman–Crippen MR) is 102 cm³/mol. The van der Waals surface area contributed by atoms with Crippen molar-refractivity contribution >= 4 is 15.8 Å². The van der Waals surface area contributed by atoms with Crippen molar-refractivity contribution < 1.29 is 21.9 Å². The van der Waals surface area contributed by atoms with Crippen molar-refractivity contribution in [1.82, 2.24) is 10.2 Å². The molecule has 1 fully saturated rings. The molecule has 152 valence electrons. The lowest BCUT2D eigenvalue weighted by molar-refractivity contribution is 0.0818. The number of alkyl halides is 2. The number of sulfone groups is 1. The van der Waals surface area contributed by atoms with Crippen molar-refractivity contribution in [3.05, 3.63) is 29.8 Å². The van der Waals surface area contributed by atoms with E-state index in [-0.39, 0.29) is 5.75 Å². The first-order valence-corrected chi connectivity index (χ1v) is 10.6. The van der Waals surface area contributed by atoms with E-state index < -0.39 is 27.6 Å². The largest absolute Gasteiger partial charge is 0.488 e. The Balaban J connectivity index is 2.11. The van der Waals surface area contributed by atoms with Gasteiger partial charge in [-0.05, 0) is 38.5 Å². The minimum Gasteiger partial charge on any atom is -0.488 e. The molecule has 2 rings (SSSR count). The summed E-state index contributed by atoms with van der Waals surface area (Å²) in [4.78, 5) is 6.54. The van der Waals surface area contributed by atoms with E-state index in [1.807, 2.05) is 17.9 Å². The van der Waals surface area contributed by atoms with E-state index in [0.29, 0.717) is 37.9 Å². The Morgan fingerprint density at radius 3 is 2.78 bits per heavy atom. The van der Waals surface area contributed by atoms with Gasteiger partial charge in [-0.25, -0.2) is 22.2 Å². The second kappa shape index (κ2) is 8.86. The highest BCUT2D eigenvalue weighted by Crippen LogP contribution is 2.24. The van der Waals surface area contributed by atoms with Gasteiger partial charge in [-0.3, -0.25) is 0 Å². The van der Waals surface area contributed by atoms with Crippen LogP contribution < -0.4 is 10.1 Å². The van der Waals surface area contributed by atoms with Gasteiger partial charge in [0.2, 0.25) is 0 Å². The van der Waals surface area contributed by atoms with Crippen molar-refractivity contribution in [3.8, 4) is 5.75 Å². The van der Waals surface area contributed by atoms with E-state index in [9.17, 15) is 17.2 Å². The Morgan fingerprint density at radius 2 is 2.15 bits per heavy atom. The summed E-state index contributed by atoms with van der Waals surface area (Å²) in [5.41, 5.74) is 0.820. The number of aliphatic imine (C=N–C) groups is 1. The smallest absolute Gasteiger partial charge is 0.272 e. The molecule has 0 saturated carbocycles. The van der Waals surface area contributed by atoms with E-state index >= 15 is 0 Å². The SMILES string of the molecule is CCNC(=NCc1cccc(OCC(F)F)c1)N1CCS(=O)(=O)C(C)(C)C1. The zero-order chi connectivity index (χ0) is 20.1. The molecule has 1 aromatic rings. The van der Waals surface area contributed by atoms with Gasteiger partial charge in [-0.15, -0.1) is 0 Å². The lowest BCUT2D eigenvalue weighted by atomic mass is 10.2. The van der Waals surface area contributed by atoms with Crippen LogP contribution in [0.3, 0.4) is 0 Å². The zero-order valence-corrected chi connectivity index (χ0v) is 16.7. The number of rotatable bonds is 6. The van der Waals surface area contributed by atoms with E-state index in [1.165, 1.54) is 0 Å². The van der Waals surface area contributed by atoms with Crippen LogP contribution in [0, 0.1) is 0 Å². The molecule has 6 nitrogen and oxygen atoms in total. The van der Waals surface area contributed by atoms with E-state index in [0.717, 1.165) is 5.56 Å². The molecule has 0 bridgehead atoms. The standard InChI is InChI=1S/C18H27F2N3O3S/c1-4-21-17(23-8-9-27(24,25)18(2,3)13-23)22-11-14-6-5-7-15(10-14)26-12-16(19)20/h5-7,10,16H,4,8-9,11-13H2,1-3H3,(H,21,22). The number of benzene rings is 1. The van der Waals surface area contributed by atoms with Crippen molar-refractivity contribution in [2.45, 2.75) is 38.5 Å². The van der Waals surface area contributed by atoms with Crippen LogP contribution in [0.1, 0.15) is 26.3 Å². The van der Waals surface area contributed by atoms with Crippen molar-refractivity contribution in [3.63, 3.8) is 0 Å². The number of nitrogens with zero attached hydrogens (tertiary/aromatic N) is 2. The van der Waals surface area contributed by atoms with Crippen LogP contribution in [0.2, 0.25) is 0 Å². The Hall–Kier alpha value is -1.90. The molecule has 0 atom stereocenters. The third-order valence-corrected chi connectivity index (χ3v) is 6.90. The van der Waals surface area contributed by atoms with Crippen molar-refractivity contribution in [2.24, 2.45) is 4.99 Å². The normalized spacial score (nSPS) is 19.2. The molecule has 0 unspecified atom stereocenters. The highest BCUT2D eigenvalue weighted by atomic mass is 32.2. The first-order chi connectivity index (χ1) is 12.6. The third kappa shape index (κ3) is 5.79. The Labute approximate surface area is 159 Å². The minimum absolute atomic E-state index is 0.0847. The van der Waals surface area contributed by atoms with Gasteiger partial charge >= 0.3 is 0 Å². The summed E-state index contributed by atoms with van der Waals surface area (Å²) in [6.45, 7) is 6.47. The fraction of sp³-hybridized carbons (Fsp3) is 0.611. The molecule has 0 aromatic heterocycles. The minimum atomic E-state index is -3.13. The van der Waals surface area contributed by atoms with Gasteiger partial charge in [-0.2, -0.15) is 0 Å². The molecule has 0 spiro atoms. The van der Waals surface area contributed by atoms with Crippen LogP contribution in [0.5, 0.6) is 5.75 Å². The number of hydrogen-bond acceptors (Lipinski definition) is 4. The zero-order valence-electron chi connectivity index (χ0n) is 15.9. The summed E-state index contributed by atoms with van der Waals surface area (Å²) in [5.74, 6) is 1.10. The summed E-state index contributed by atoms with van der Waals surface area (Å²) in [6.07, 6.45) is -2.52. The molecule has 1 aliphatic rings. The maximum Gasteiger partial charge on any atom is 0.272 e. The predicted octanol–water partition coefficient (Wildman–Crippen LogP) is 2.31. The van der Waals surface area contributed by atoms with Crippen LogP contribution in [0.25, 0.3) is 0 Å². The van der Waals surface area contributed by atoms with Crippen LogP contribution in [-0.4, -0.2) is 62.4 Å². The number of ether oxygens (including phenoxy) is 1. The quantitative estimate of drug-likeness (QED) is 0.583. The molecular formula is C18H27F2N3O3S. The topological polar surface area (TPSA) is 71.0 Å². The van der Waals surface area contributed by atoms with E-state index in [2.05, 4.69) is 10.3 Å². The number of hydrogen-bond donors (Lipinski definition) is 1. The first kappa shape index (κ1) is 21.4. The van der Waals surface area contributed by atoms with Crippen LogP contribution in [-0.2, 0) is 16.4 Å². The van der Waals surface area contributed by atoms with Crippen molar-refractivity contribution in [1.29, 1.82) is 0 Å². The summed E-state index contributed by atoms with van der Waals surface area (Å²) >= 11 is 0. The van der Waals surface area contributed by atoms with E-state index in [1.54, 1.807) is 32.0 Å². The fourth-order valence-electron chi connectivity index (χ4n) is 2.81. The summed E-state index contributed by atoms with van der Waals surface area (Å²) in [7, 11) is -3.13. The first-order valence-electron chi connectivity index (χ1n) is 8.90. The number of halogens is 2. The van der Waals surface area contributed by atoms with Gasteiger partial charge < -0.3 is 15.0 Å². The molecule has 1 heterocycles. The Morgan fingerprint density at radius 1 is 1.41 bits per heavy atom. The Kier molecular flexibility index (Phi) is 7.02. The second-order valence-corrected chi connectivity index (χ2v) is 9.76. The fourth-order valence-corrected chi connectivity index (χ4v) is 4.18. The maximum absolute atomic E-state index is 12.3. The van der Waals surface area contributed by atoms with Crippen LogP contribution >= 0.6 is 0 Å². The lowest BCUT2D eigenvalue weighted by Crippen LogP contribution is -2.57. The van der Waals surface area contributed by atoms with Gasteiger partial charge in [0.05, 0.1) is 17.0 Å². The lowest BCUT2D eigenvalue weighted by Gasteiger charge is -2.39. The second-order valence-electron chi connectivity index (χ2n) is 7.02. The molecule has 9 heteroatoms. The molecule has 1 saturated heterocycles. The monoisotopic (exact) mass is 403 g/mol. The molecule has 0 radical (unpaired) electrons. The third-order valence-electron chi connectivity index (χ3n) is 4.36. The molecular weight excluding hydrogens is 376 g/mol. The number of nitrogens with one attached hydrogen (secondary N) is 1. The van der Waals surface area contributed by atoms with Gasteiger partial charge in [0.25, 0.3) is 6.43 Å². The summed E-state index contributed by atoms with van der Waals surface area (Å²) in [6, 6.07) is 6.88. The molecule has 0 aliphatic carbocycles. The Bertz CT molecular complexity index is 767. The van der Waals surface area contributed by atoms with Crippen LogP contribution in [0.4, 0.5) is 8.78 Å². The molecule has 27 heavy (non-hydrogen) atoms. The van der Waals surface area contributed by atoms with Crippen molar-refractivity contribution in [2.75, 3.05) is 32.0 Å². The van der Waals surface area contributed by atoms with E-state index in [4.69, 9.17) is 4.74 Å². The van der Waals surface area contributed by atoms with Crippen LogP contribution in [0.15, 0.2) is 29.3 Å². The number of guanidine groups is 1. The summed E-state index contributed by atoms with van der Waals surface area (Å²) < 4.78 is 53.2. The molecule has 1 aliphatic heterocycles. The summed E-state index contributed by atoms with van der Waals surface area (Å²) in [5, 5.41) is 3.19. The van der Waals surface area contributed by atoms with Gasteiger partial charge in [-0.1, -0.05) is 12.1 Å². The molecule has 1 aromatic carbocycles. The average molecular weight is 403 g/mol. The molecule has 0 amide bonds. The maximum atomic E-state index is 12.3. The van der Waals surface area contributed by atoms with Gasteiger partial charge in [0.15, 0.2) is 15.8 Å². The molecule has 1 N–H and O–H groups in total. The highest BCUT2D eigenvalue weighted by Gasteiger charge is 2.40. The van der Waals surface area contributed by atoms with Gasteiger partial charge in [0.1, 0.15) is 12.4 Å². The average Bonchev–Trinajstić information content (AvgIpc) is 2.59.